The van der Waals surface area contributed by atoms with Crippen molar-refractivity contribution in [2.24, 2.45) is 0 Å². The lowest BCUT2D eigenvalue weighted by Crippen LogP contribution is -2.12. The van der Waals surface area contributed by atoms with Gasteiger partial charge in [-0.2, -0.15) is 4.98 Å². The first-order valence-corrected chi connectivity index (χ1v) is 7.67. The third kappa shape index (κ3) is 3.94. The quantitative estimate of drug-likeness (QED) is 0.662. The molecule has 0 bridgehead atoms. The summed E-state index contributed by atoms with van der Waals surface area (Å²) in [5.74, 6) is 0.747. The Balaban J connectivity index is 1.74. The van der Waals surface area contributed by atoms with Gasteiger partial charge in [0.05, 0.1) is 0 Å². The molecule has 5 nitrogen and oxygen atoms in total. The number of aryl methyl sites for hydroxylation is 1. The molecule has 3 aromatic rings. The van der Waals surface area contributed by atoms with E-state index in [4.69, 9.17) is 16.3 Å². The van der Waals surface area contributed by atoms with Crippen LogP contribution in [0.2, 0.25) is 5.02 Å². The van der Waals surface area contributed by atoms with Crippen LogP contribution in [0, 0.1) is 6.92 Å². The lowest BCUT2D eigenvalue weighted by molar-refractivity contribution is 0.0918. The standard InChI is InChI=1S/C18H14ClN3O2/c1-12-10-17(22-18(21-12)14-6-8-20-9-7-14)24-11-16(23)13-2-4-15(19)5-3-13/h2-10H,11H2,1H3. The van der Waals surface area contributed by atoms with Gasteiger partial charge in [-0.05, 0) is 43.3 Å². The number of Topliss-reactive ketones (excluding diaryl/α,β-unsaturated/α-hetero) is 1. The van der Waals surface area contributed by atoms with E-state index in [1.54, 1.807) is 42.7 Å². The molecule has 0 N–H and O–H groups in total. The highest BCUT2D eigenvalue weighted by Crippen LogP contribution is 2.18. The maximum Gasteiger partial charge on any atom is 0.217 e. The van der Waals surface area contributed by atoms with Crippen LogP contribution in [0.3, 0.4) is 0 Å². The summed E-state index contributed by atoms with van der Waals surface area (Å²) < 4.78 is 5.55. The molecule has 0 aliphatic heterocycles. The molecular weight excluding hydrogens is 326 g/mol. The summed E-state index contributed by atoms with van der Waals surface area (Å²) in [7, 11) is 0. The second-order valence-electron chi connectivity index (χ2n) is 5.13. The minimum absolute atomic E-state index is 0.103. The van der Waals surface area contributed by atoms with E-state index in [9.17, 15) is 4.79 Å². The molecule has 24 heavy (non-hydrogen) atoms. The second-order valence-corrected chi connectivity index (χ2v) is 5.56. The Bertz CT molecular complexity index is 852. The molecule has 0 spiro atoms. The summed E-state index contributed by atoms with van der Waals surface area (Å²) in [4.78, 5) is 24.9. The smallest absolute Gasteiger partial charge is 0.217 e. The molecule has 0 aliphatic rings. The Morgan fingerprint density at radius 3 is 2.50 bits per heavy atom. The largest absolute Gasteiger partial charge is 0.469 e. The van der Waals surface area contributed by atoms with Crippen molar-refractivity contribution in [3.05, 3.63) is 71.1 Å². The Kier molecular flexibility index (Phi) is 4.82. The van der Waals surface area contributed by atoms with E-state index >= 15 is 0 Å². The van der Waals surface area contributed by atoms with E-state index in [0.717, 1.165) is 11.3 Å². The van der Waals surface area contributed by atoms with Crippen molar-refractivity contribution in [2.75, 3.05) is 6.61 Å². The van der Waals surface area contributed by atoms with Gasteiger partial charge >= 0.3 is 0 Å². The van der Waals surface area contributed by atoms with Gasteiger partial charge in [0.25, 0.3) is 0 Å². The molecule has 3 rings (SSSR count). The third-order valence-corrected chi connectivity index (χ3v) is 3.54. The number of carbonyl (C=O) groups excluding carboxylic acids is 1. The summed E-state index contributed by atoms with van der Waals surface area (Å²) in [5.41, 5.74) is 2.13. The number of pyridine rings is 1. The number of hydrogen-bond acceptors (Lipinski definition) is 5. The van der Waals surface area contributed by atoms with Crippen LogP contribution in [0.1, 0.15) is 16.1 Å². The van der Waals surface area contributed by atoms with Crippen molar-refractivity contribution < 1.29 is 9.53 Å². The molecule has 0 unspecified atom stereocenters. The van der Waals surface area contributed by atoms with E-state index in [1.807, 2.05) is 19.1 Å². The highest BCUT2D eigenvalue weighted by molar-refractivity contribution is 6.30. The van der Waals surface area contributed by atoms with Crippen LogP contribution in [0.4, 0.5) is 0 Å². The molecule has 2 heterocycles. The van der Waals surface area contributed by atoms with Crippen molar-refractivity contribution in [1.29, 1.82) is 0 Å². The Morgan fingerprint density at radius 1 is 1.08 bits per heavy atom. The Labute approximate surface area is 144 Å². The number of ether oxygens (including phenoxy) is 1. The van der Waals surface area contributed by atoms with E-state index in [0.29, 0.717) is 22.3 Å². The number of halogens is 1. The number of carbonyl (C=O) groups is 1. The zero-order valence-corrected chi connectivity index (χ0v) is 13.7. The first-order chi connectivity index (χ1) is 11.6. The van der Waals surface area contributed by atoms with Gasteiger partial charge in [-0.15, -0.1) is 0 Å². The minimum atomic E-state index is -0.145. The van der Waals surface area contributed by atoms with E-state index in [-0.39, 0.29) is 12.4 Å². The Morgan fingerprint density at radius 2 is 1.79 bits per heavy atom. The van der Waals surface area contributed by atoms with Gasteiger partial charge in [-0.25, -0.2) is 4.98 Å². The number of hydrogen-bond donors (Lipinski definition) is 0. The maximum atomic E-state index is 12.1. The van der Waals surface area contributed by atoms with Crippen LogP contribution in [0.25, 0.3) is 11.4 Å². The summed E-state index contributed by atoms with van der Waals surface area (Å²) >= 11 is 5.82. The summed E-state index contributed by atoms with van der Waals surface area (Å²) in [6.07, 6.45) is 3.34. The third-order valence-electron chi connectivity index (χ3n) is 3.29. The fraction of sp³-hybridized carbons (Fsp3) is 0.111. The molecule has 0 saturated carbocycles. The van der Waals surface area contributed by atoms with Gasteiger partial charge < -0.3 is 4.74 Å². The van der Waals surface area contributed by atoms with Crippen LogP contribution < -0.4 is 4.74 Å². The molecule has 0 amide bonds. The molecule has 0 radical (unpaired) electrons. The number of rotatable bonds is 5. The van der Waals surface area contributed by atoms with Crippen molar-refractivity contribution in [1.82, 2.24) is 15.0 Å². The monoisotopic (exact) mass is 339 g/mol. The normalized spacial score (nSPS) is 10.4. The fourth-order valence-electron chi connectivity index (χ4n) is 2.10. The average Bonchev–Trinajstić information content (AvgIpc) is 2.60. The summed E-state index contributed by atoms with van der Waals surface area (Å²) in [6.45, 7) is 1.74. The van der Waals surface area contributed by atoms with Crippen molar-refractivity contribution in [2.45, 2.75) is 6.92 Å². The van der Waals surface area contributed by atoms with E-state index < -0.39 is 0 Å². The molecular formula is C18H14ClN3O2. The highest BCUT2D eigenvalue weighted by Gasteiger charge is 2.10. The maximum absolute atomic E-state index is 12.1. The molecule has 0 saturated heterocycles. The first kappa shape index (κ1) is 16.1. The lowest BCUT2D eigenvalue weighted by atomic mass is 10.1. The first-order valence-electron chi connectivity index (χ1n) is 7.29. The van der Waals surface area contributed by atoms with Crippen LogP contribution in [-0.2, 0) is 0 Å². The molecule has 6 heteroatoms. The Hall–Kier alpha value is -2.79. The van der Waals surface area contributed by atoms with Gasteiger partial charge in [-0.1, -0.05) is 11.6 Å². The van der Waals surface area contributed by atoms with Crippen molar-refractivity contribution in [3.8, 4) is 17.3 Å². The minimum Gasteiger partial charge on any atom is -0.469 e. The zero-order chi connectivity index (χ0) is 16.9. The van der Waals surface area contributed by atoms with Gasteiger partial charge in [0, 0.05) is 40.3 Å². The topological polar surface area (TPSA) is 65.0 Å². The lowest BCUT2D eigenvalue weighted by Gasteiger charge is -2.08. The van der Waals surface area contributed by atoms with E-state index in [1.165, 1.54) is 0 Å². The van der Waals surface area contributed by atoms with Gasteiger partial charge in [0.15, 0.2) is 18.2 Å². The molecule has 2 aromatic heterocycles. The van der Waals surface area contributed by atoms with Crippen LogP contribution in [-0.4, -0.2) is 27.3 Å². The van der Waals surface area contributed by atoms with E-state index in [2.05, 4.69) is 15.0 Å². The highest BCUT2D eigenvalue weighted by atomic mass is 35.5. The molecule has 0 atom stereocenters. The number of aromatic nitrogens is 3. The van der Waals surface area contributed by atoms with Crippen LogP contribution >= 0.6 is 11.6 Å². The number of nitrogens with zero attached hydrogens (tertiary/aromatic N) is 3. The number of benzene rings is 1. The second kappa shape index (κ2) is 7.19. The van der Waals surface area contributed by atoms with Gasteiger partial charge in [0.1, 0.15) is 0 Å². The van der Waals surface area contributed by atoms with Gasteiger partial charge in [-0.3, -0.25) is 9.78 Å². The van der Waals surface area contributed by atoms with Crippen LogP contribution in [0.5, 0.6) is 5.88 Å². The molecule has 1 aromatic carbocycles. The molecule has 0 aliphatic carbocycles. The SMILES string of the molecule is Cc1cc(OCC(=O)c2ccc(Cl)cc2)nc(-c2ccncc2)n1. The average molecular weight is 340 g/mol. The predicted octanol–water partition coefficient (Wildman–Crippen LogP) is 3.76. The summed E-state index contributed by atoms with van der Waals surface area (Å²) in [6, 6.07) is 12.0. The predicted molar refractivity (Wildman–Crippen MR) is 91.3 cm³/mol. The van der Waals surface area contributed by atoms with Crippen molar-refractivity contribution >= 4 is 17.4 Å². The van der Waals surface area contributed by atoms with Crippen molar-refractivity contribution in [3.63, 3.8) is 0 Å². The number of ketones is 1. The zero-order valence-electron chi connectivity index (χ0n) is 12.9. The van der Waals surface area contributed by atoms with Crippen LogP contribution in [0.15, 0.2) is 54.9 Å². The molecule has 120 valence electrons. The summed E-state index contributed by atoms with van der Waals surface area (Å²) in [5, 5.41) is 0.584. The van der Waals surface area contributed by atoms with Gasteiger partial charge in [0.2, 0.25) is 5.88 Å². The molecule has 0 fully saturated rings. The fourth-order valence-corrected chi connectivity index (χ4v) is 2.23.